The quantitative estimate of drug-likeness (QED) is 0.618. The number of aryl methyl sites for hydroxylation is 1. The van der Waals surface area contributed by atoms with E-state index in [0.717, 1.165) is 11.1 Å². The molecule has 0 heterocycles. The van der Waals surface area contributed by atoms with Crippen molar-refractivity contribution in [2.45, 2.75) is 56.8 Å². The van der Waals surface area contributed by atoms with Crippen molar-refractivity contribution in [3.05, 3.63) is 65.7 Å². The zero-order chi connectivity index (χ0) is 22.4. The number of carbonyl (C=O) groups excluding carboxylic acids is 1. The monoisotopic (exact) mass is 435 g/mol. The first-order chi connectivity index (χ1) is 14.0. The van der Waals surface area contributed by atoms with Crippen molar-refractivity contribution in [2.24, 2.45) is 0 Å². The minimum Gasteiger partial charge on any atom is -0.444 e. The predicted molar refractivity (Wildman–Crippen MR) is 114 cm³/mol. The Labute approximate surface area is 178 Å². The maximum Gasteiger partial charge on any atom is 0.407 e. The summed E-state index contributed by atoms with van der Waals surface area (Å²) in [6, 6.07) is 14.6. The Morgan fingerprint density at radius 2 is 1.67 bits per heavy atom. The molecule has 7 nitrogen and oxygen atoms in total. The Kier molecular flexibility index (Phi) is 8.00. The van der Waals surface area contributed by atoms with Gasteiger partial charge < -0.3 is 15.2 Å². The highest BCUT2D eigenvalue weighted by atomic mass is 32.2. The van der Waals surface area contributed by atoms with Crippen LogP contribution >= 0.6 is 0 Å². The van der Waals surface area contributed by atoms with Gasteiger partial charge >= 0.3 is 6.09 Å². The van der Waals surface area contributed by atoms with E-state index in [1.54, 1.807) is 32.9 Å². The van der Waals surface area contributed by atoms with Crippen LogP contribution in [0.1, 0.15) is 31.9 Å². The number of amides is 1. The van der Waals surface area contributed by atoms with Gasteiger partial charge in [0, 0.05) is 0 Å². The predicted octanol–water partition coefficient (Wildman–Crippen LogP) is 3.20. The van der Waals surface area contributed by atoms with Crippen molar-refractivity contribution in [3.8, 4) is 0 Å². The Balaban J connectivity index is 2.09. The number of alkyl carbamates (subject to hydrolysis) is 1. The van der Waals surface area contributed by atoms with Crippen LogP contribution in [0.2, 0.25) is 0 Å². The van der Waals surface area contributed by atoms with E-state index < -0.39 is 40.6 Å². The van der Waals surface area contributed by atoms with Crippen LogP contribution in [0.25, 0.3) is 0 Å². The smallest absolute Gasteiger partial charge is 0.407 e. The Bertz CT molecular complexity index is 920. The molecule has 0 bridgehead atoms. The second kappa shape index (κ2) is 10.1. The summed E-state index contributed by atoms with van der Waals surface area (Å²) in [5.41, 5.74) is 1.06. The number of hydrogen-bond acceptors (Lipinski definition) is 6. The SMILES string of the molecule is Cc1ccc(S(=O)(=O)OC[C@@H](O)[C@H](Cc2ccccc2)NC(=O)OC(C)(C)C)cc1. The number of rotatable bonds is 8. The molecule has 0 aliphatic carbocycles. The number of aliphatic hydroxyl groups is 1. The van der Waals surface area contributed by atoms with Gasteiger partial charge in [0.2, 0.25) is 0 Å². The van der Waals surface area contributed by atoms with Crippen LogP contribution in [0.5, 0.6) is 0 Å². The van der Waals surface area contributed by atoms with E-state index in [1.807, 2.05) is 37.3 Å². The summed E-state index contributed by atoms with van der Waals surface area (Å²) >= 11 is 0. The first-order valence-electron chi connectivity index (χ1n) is 9.64. The van der Waals surface area contributed by atoms with E-state index in [0.29, 0.717) is 0 Å². The second-order valence-corrected chi connectivity index (χ2v) is 9.68. The van der Waals surface area contributed by atoms with Gasteiger partial charge in [-0.25, -0.2) is 4.79 Å². The molecule has 0 aromatic heterocycles. The third-order valence-electron chi connectivity index (χ3n) is 4.17. The molecule has 2 atom stereocenters. The highest BCUT2D eigenvalue weighted by molar-refractivity contribution is 7.86. The van der Waals surface area contributed by atoms with Crippen LogP contribution in [0.15, 0.2) is 59.5 Å². The van der Waals surface area contributed by atoms with Gasteiger partial charge in [0.25, 0.3) is 10.1 Å². The summed E-state index contributed by atoms with van der Waals surface area (Å²) in [5, 5.41) is 13.2. The summed E-state index contributed by atoms with van der Waals surface area (Å²) in [4.78, 5) is 12.2. The highest BCUT2D eigenvalue weighted by Gasteiger charge is 2.27. The van der Waals surface area contributed by atoms with Gasteiger partial charge in [0.15, 0.2) is 0 Å². The van der Waals surface area contributed by atoms with Crippen LogP contribution in [-0.2, 0) is 25.5 Å². The van der Waals surface area contributed by atoms with E-state index >= 15 is 0 Å². The molecule has 2 aromatic rings. The van der Waals surface area contributed by atoms with Gasteiger partial charge in [-0.3, -0.25) is 4.18 Å². The molecule has 0 aliphatic rings. The molecule has 0 unspecified atom stereocenters. The lowest BCUT2D eigenvalue weighted by atomic mass is 10.0. The number of hydrogen-bond donors (Lipinski definition) is 2. The molecule has 2 aromatic carbocycles. The van der Waals surface area contributed by atoms with E-state index in [9.17, 15) is 18.3 Å². The Morgan fingerprint density at radius 1 is 1.07 bits per heavy atom. The minimum absolute atomic E-state index is 0.0000100. The van der Waals surface area contributed by atoms with Gasteiger partial charge in [-0.1, -0.05) is 48.0 Å². The van der Waals surface area contributed by atoms with E-state index in [2.05, 4.69) is 5.32 Å². The molecule has 30 heavy (non-hydrogen) atoms. The molecule has 0 radical (unpaired) electrons. The molecule has 0 spiro atoms. The lowest BCUT2D eigenvalue weighted by Crippen LogP contribution is -2.48. The molecule has 8 heteroatoms. The first kappa shape index (κ1) is 23.9. The van der Waals surface area contributed by atoms with Crippen LogP contribution in [0, 0.1) is 6.92 Å². The van der Waals surface area contributed by atoms with Crippen molar-refractivity contribution in [1.29, 1.82) is 0 Å². The van der Waals surface area contributed by atoms with Crippen LogP contribution in [0.3, 0.4) is 0 Å². The highest BCUT2D eigenvalue weighted by Crippen LogP contribution is 2.15. The molecule has 0 saturated carbocycles. The van der Waals surface area contributed by atoms with Gasteiger partial charge in [0.05, 0.1) is 23.6 Å². The van der Waals surface area contributed by atoms with Crippen molar-refractivity contribution in [1.82, 2.24) is 5.32 Å². The first-order valence-corrected chi connectivity index (χ1v) is 11.0. The van der Waals surface area contributed by atoms with Gasteiger partial charge in [0.1, 0.15) is 5.60 Å². The number of ether oxygens (including phenoxy) is 1. The molecular weight excluding hydrogens is 406 g/mol. The normalized spacial score (nSPS) is 14.0. The van der Waals surface area contributed by atoms with Crippen molar-refractivity contribution in [2.75, 3.05) is 6.61 Å². The van der Waals surface area contributed by atoms with Crippen LogP contribution in [0.4, 0.5) is 4.79 Å². The van der Waals surface area contributed by atoms with E-state index in [4.69, 9.17) is 8.92 Å². The molecule has 1 amide bonds. The maximum absolute atomic E-state index is 12.4. The fraction of sp³-hybridized carbons (Fsp3) is 0.409. The van der Waals surface area contributed by atoms with Gasteiger partial charge in [-0.15, -0.1) is 0 Å². The van der Waals surface area contributed by atoms with Crippen LogP contribution in [-0.4, -0.2) is 44.0 Å². The summed E-state index contributed by atoms with van der Waals surface area (Å²) in [7, 11) is -4.04. The summed E-state index contributed by atoms with van der Waals surface area (Å²) < 4.78 is 35.1. The fourth-order valence-electron chi connectivity index (χ4n) is 2.66. The van der Waals surface area contributed by atoms with Gasteiger partial charge in [-0.05, 0) is 51.8 Å². The Morgan fingerprint density at radius 3 is 2.23 bits per heavy atom. The zero-order valence-electron chi connectivity index (χ0n) is 17.7. The molecule has 2 rings (SSSR count). The third-order valence-corrected chi connectivity index (χ3v) is 5.46. The van der Waals surface area contributed by atoms with Gasteiger partial charge in [-0.2, -0.15) is 8.42 Å². The summed E-state index contributed by atoms with van der Waals surface area (Å²) in [6.07, 6.45) is -1.71. The topological polar surface area (TPSA) is 102 Å². The average Bonchev–Trinajstić information content (AvgIpc) is 2.65. The van der Waals surface area contributed by atoms with Crippen molar-refractivity contribution >= 4 is 16.2 Å². The average molecular weight is 436 g/mol. The fourth-order valence-corrected chi connectivity index (χ4v) is 3.58. The number of benzene rings is 2. The molecular formula is C22H29NO6S. The third kappa shape index (κ3) is 7.78. The molecule has 0 saturated heterocycles. The molecule has 2 N–H and O–H groups in total. The lowest BCUT2D eigenvalue weighted by molar-refractivity contribution is 0.0355. The molecule has 0 fully saturated rings. The largest absolute Gasteiger partial charge is 0.444 e. The zero-order valence-corrected chi connectivity index (χ0v) is 18.5. The van der Waals surface area contributed by atoms with Crippen LogP contribution < -0.4 is 5.32 Å². The number of nitrogens with one attached hydrogen (secondary N) is 1. The molecule has 164 valence electrons. The van der Waals surface area contributed by atoms with E-state index in [1.165, 1.54) is 12.1 Å². The minimum atomic E-state index is -4.04. The number of carbonyl (C=O) groups is 1. The maximum atomic E-state index is 12.4. The summed E-state index contributed by atoms with van der Waals surface area (Å²) in [6.45, 7) is 6.52. The van der Waals surface area contributed by atoms with E-state index in [-0.39, 0.29) is 11.3 Å². The lowest BCUT2D eigenvalue weighted by Gasteiger charge is -2.26. The number of aliphatic hydroxyl groups excluding tert-OH is 1. The summed E-state index contributed by atoms with van der Waals surface area (Å²) in [5.74, 6) is 0. The standard InChI is InChI=1S/C22H29NO6S/c1-16-10-12-18(13-11-16)30(26,27)28-15-20(24)19(14-17-8-6-5-7-9-17)23-21(25)29-22(2,3)4/h5-13,19-20,24H,14-15H2,1-4H3,(H,23,25)/t19-,20+/m0/s1. The van der Waals surface area contributed by atoms with Crippen molar-refractivity contribution in [3.63, 3.8) is 0 Å². The Hall–Kier alpha value is -2.42. The van der Waals surface area contributed by atoms with Crippen molar-refractivity contribution < 1.29 is 27.2 Å². The second-order valence-electron chi connectivity index (χ2n) is 8.06. The molecule has 0 aliphatic heterocycles.